The van der Waals surface area contributed by atoms with Gasteiger partial charge in [-0.15, -0.1) is 11.3 Å². The lowest BCUT2D eigenvalue weighted by molar-refractivity contribution is -0.123. The van der Waals surface area contributed by atoms with Gasteiger partial charge in [-0.3, -0.25) is 14.9 Å². The fraction of sp³-hybridized carbons (Fsp3) is 0.227. The van der Waals surface area contributed by atoms with Crippen LogP contribution in [0, 0.1) is 0 Å². The standard InChI is InChI=1S/C22H20N4O3S2/c1-22(20(28)24-21(29)25-22)13-5-4-6-14(11-13)23-18(27)17-15-7-10-30-12-16(15)31-19(17)26-8-2-3-9-26/h2-6,8-9,11H,7,10,12H2,1H3,(H,23,27)(H2,24,25,28,29). The lowest BCUT2D eigenvalue weighted by Gasteiger charge is -2.22. The third-order valence-electron chi connectivity index (χ3n) is 5.61. The first-order chi connectivity index (χ1) is 15.0. The number of carbonyl (C=O) groups is 3. The van der Waals surface area contributed by atoms with Crippen molar-refractivity contribution in [2.75, 3.05) is 11.1 Å². The predicted molar refractivity (Wildman–Crippen MR) is 122 cm³/mol. The number of hydrogen-bond acceptors (Lipinski definition) is 5. The third kappa shape index (κ3) is 3.43. The van der Waals surface area contributed by atoms with Gasteiger partial charge in [-0.2, -0.15) is 11.8 Å². The number of benzene rings is 1. The molecule has 4 amide bonds. The van der Waals surface area contributed by atoms with Crippen LogP contribution in [0.4, 0.5) is 10.5 Å². The summed E-state index contributed by atoms with van der Waals surface area (Å²) < 4.78 is 1.98. The van der Waals surface area contributed by atoms with Gasteiger partial charge >= 0.3 is 6.03 Å². The number of thioether (sulfide) groups is 1. The van der Waals surface area contributed by atoms with Crippen LogP contribution >= 0.6 is 23.1 Å². The number of fused-ring (bicyclic) bond motifs is 1. The highest BCUT2D eigenvalue weighted by Gasteiger charge is 2.43. The van der Waals surface area contributed by atoms with Gasteiger partial charge in [0.15, 0.2) is 0 Å². The lowest BCUT2D eigenvalue weighted by Crippen LogP contribution is -2.40. The van der Waals surface area contributed by atoms with E-state index in [1.807, 2.05) is 40.9 Å². The minimum atomic E-state index is -1.17. The Balaban J connectivity index is 1.49. The molecule has 3 N–H and O–H groups in total. The first-order valence-electron chi connectivity index (χ1n) is 9.87. The van der Waals surface area contributed by atoms with Crippen LogP contribution in [0.15, 0.2) is 48.8 Å². The van der Waals surface area contributed by atoms with Crippen LogP contribution in [0.3, 0.4) is 0 Å². The Morgan fingerprint density at radius 2 is 2.00 bits per heavy atom. The van der Waals surface area contributed by atoms with Crippen molar-refractivity contribution in [3.05, 3.63) is 70.4 Å². The lowest BCUT2D eigenvalue weighted by atomic mass is 9.92. The van der Waals surface area contributed by atoms with E-state index >= 15 is 0 Å². The van der Waals surface area contributed by atoms with Crippen molar-refractivity contribution in [1.29, 1.82) is 0 Å². The van der Waals surface area contributed by atoms with E-state index in [0.717, 1.165) is 28.5 Å². The normalized spacial score (nSPS) is 20.2. The van der Waals surface area contributed by atoms with E-state index in [1.54, 1.807) is 42.5 Å². The molecule has 0 saturated carbocycles. The largest absolute Gasteiger partial charge is 0.322 e. The second-order valence-electron chi connectivity index (χ2n) is 7.65. The quantitative estimate of drug-likeness (QED) is 0.527. The number of urea groups is 1. The predicted octanol–water partition coefficient (Wildman–Crippen LogP) is 3.64. The molecule has 1 fully saturated rings. The van der Waals surface area contributed by atoms with Crippen LogP contribution in [0.1, 0.15) is 33.3 Å². The Morgan fingerprint density at radius 1 is 1.19 bits per heavy atom. The highest BCUT2D eigenvalue weighted by Crippen LogP contribution is 2.38. The topological polar surface area (TPSA) is 92.2 Å². The molecule has 158 valence electrons. The van der Waals surface area contributed by atoms with Crippen molar-refractivity contribution in [2.45, 2.75) is 24.6 Å². The minimum Gasteiger partial charge on any atom is -0.322 e. The average molecular weight is 453 g/mol. The van der Waals surface area contributed by atoms with Crippen molar-refractivity contribution in [2.24, 2.45) is 0 Å². The third-order valence-corrected chi connectivity index (χ3v) is 8.02. The van der Waals surface area contributed by atoms with Gasteiger partial charge in [0.25, 0.3) is 11.8 Å². The number of imide groups is 1. The van der Waals surface area contributed by atoms with Crippen LogP contribution in [-0.4, -0.2) is 28.2 Å². The van der Waals surface area contributed by atoms with Crippen LogP contribution in [0.5, 0.6) is 0 Å². The summed E-state index contributed by atoms with van der Waals surface area (Å²) in [6.07, 6.45) is 4.76. The van der Waals surface area contributed by atoms with Gasteiger partial charge in [0.2, 0.25) is 0 Å². The number of amides is 4. The molecule has 4 heterocycles. The molecule has 1 aromatic carbocycles. The maximum atomic E-state index is 13.4. The fourth-order valence-corrected chi connectivity index (χ4v) is 6.40. The summed E-state index contributed by atoms with van der Waals surface area (Å²) in [6, 6.07) is 10.4. The molecule has 9 heteroatoms. The zero-order valence-electron chi connectivity index (χ0n) is 16.7. The molecule has 2 aromatic heterocycles. The molecular formula is C22H20N4O3S2. The summed E-state index contributed by atoms with van der Waals surface area (Å²) in [7, 11) is 0. The van der Waals surface area contributed by atoms with Crippen molar-refractivity contribution >= 4 is 46.6 Å². The molecule has 7 nitrogen and oxygen atoms in total. The van der Waals surface area contributed by atoms with E-state index in [-0.39, 0.29) is 5.91 Å². The summed E-state index contributed by atoms with van der Waals surface area (Å²) in [5.41, 5.74) is 1.83. The van der Waals surface area contributed by atoms with Gasteiger partial charge in [-0.1, -0.05) is 12.1 Å². The van der Waals surface area contributed by atoms with Gasteiger partial charge in [0, 0.05) is 28.7 Å². The second-order valence-corrected chi connectivity index (χ2v) is 9.83. The summed E-state index contributed by atoms with van der Waals surface area (Å²) in [5, 5.41) is 8.85. The van der Waals surface area contributed by atoms with Gasteiger partial charge in [-0.25, -0.2) is 4.79 Å². The number of rotatable bonds is 4. The number of aromatic nitrogens is 1. The van der Waals surface area contributed by atoms with Crippen LogP contribution in [0.25, 0.3) is 5.00 Å². The Morgan fingerprint density at radius 3 is 2.74 bits per heavy atom. The molecule has 31 heavy (non-hydrogen) atoms. The number of carbonyl (C=O) groups excluding carboxylic acids is 3. The minimum absolute atomic E-state index is 0.171. The number of nitrogens with zero attached hydrogens (tertiary/aromatic N) is 1. The Hall–Kier alpha value is -3.04. The van der Waals surface area contributed by atoms with Gasteiger partial charge in [-0.05, 0) is 54.5 Å². The molecule has 0 radical (unpaired) electrons. The number of hydrogen-bond donors (Lipinski definition) is 3. The molecule has 0 spiro atoms. The van der Waals surface area contributed by atoms with Crippen LogP contribution in [0.2, 0.25) is 0 Å². The molecular weight excluding hydrogens is 432 g/mol. The maximum absolute atomic E-state index is 13.4. The molecule has 3 aromatic rings. The fourth-order valence-electron chi connectivity index (χ4n) is 3.95. The van der Waals surface area contributed by atoms with Crippen LogP contribution in [-0.2, 0) is 22.5 Å². The Labute approximate surface area is 187 Å². The molecule has 2 aliphatic heterocycles. The zero-order chi connectivity index (χ0) is 21.6. The molecule has 1 atom stereocenters. The summed E-state index contributed by atoms with van der Waals surface area (Å²) in [4.78, 5) is 38.6. The van der Waals surface area contributed by atoms with E-state index in [2.05, 4.69) is 16.0 Å². The summed E-state index contributed by atoms with van der Waals surface area (Å²) in [5.74, 6) is 1.33. The van der Waals surface area contributed by atoms with E-state index in [0.29, 0.717) is 16.8 Å². The monoisotopic (exact) mass is 452 g/mol. The van der Waals surface area contributed by atoms with Gasteiger partial charge in [0.05, 0.1) is 5.56 Å². The van der Waals surface area contributed by atoms with E-state index in [1.165, 1.54) is 4.88 Å². The smallest absolute Gasteiger partial charge is 0.322 e. The molecule has 1 unspecified atom stereocenters. The molecule has 2 aliphatic rings. The summed E-state index contributed by atoms with van der Waals surface area (Å²) in [6.45, 7) is 1.64. The zero-order valence-corrected chi connectivity index (χ0v) is 18.4. The second kappa shape index (κ2) is 7.58. The number of nitrogens with one attached hydrogen (secondary N) is 3. The SMILES string of the molecule is CC1(c2cccc(NC(=O)c3c(-n4cccc4)sc4c3CCSC4)c2)NC(=O)NC1=O. The first-order valence-corrected chi connectivity index (χ1v) is 11.8. The van der Waals surface area contributed by atoms with E-state index in [4.69, 9.17) is 0 Å². The summed E-state index contributed by atoms with van der Waals surface area (Å²) >= 11 is 3.55. The Kier molecular flexibility index (Phi) is 4.86. The highest BCUT2D eigenvalue weighted by molar-refractivity contribution is 7.98. The van der Waals surface area contributed by atoms with Crippen molar-refractivity contribution < 1.29 is 14.4 Å². The van der Waals surface area contributed by atoms with Crippen molar-refractivity contribution in [1.82, 2.24) is 15.2 Å². The van der Waals surface area contributed by atoms with Crippen molar-refractivity contribution in [3.8, 4) is 5.00 Å². The molecule has 1 saturated heterocycles. The number of thiophene rings is 1. The Bertz CT molecular complexity index is 1200. The maximum Gasteiger partial charge on any atom is 0.322 e. The van der Waals surface area contributed by atoms with Gasteiger partial charge < -0.3 is 15.2 Å². The van der Waals surface area contributed by atoms with Crippen LogP contribution < -0.4 is 16.0 Å². The van der Waals surface area contributed by atoms with Crippen molar-refractivity contribution in [3.63, 3.8) is 0 Å². The molecule has 0 aliphatic carbocycles. The van der Waals surface area contributed by atoms with E-state index < -0.39 is 17.5 Å². The van der Waals surface area contributed by atoms with Gasteiger partial charge in [0.1, 0.15) is 10.5 Å². The first kappa shape index (κ1) is 19.9. The molecule has 5 rings (SSSR count). The average Bonchev–Trinajstić information content (AvgIpc) is 3.46. The molecule has 0 bridgehead atoms. The van der Waals surface area contributed by atoms with E-state index in [9.17, 15) is 14.4 Å². The highest BCUT2D eigenvalue weighted by atomic mass is 32.2. The number of anilines is 1.